The molecule has 21 heavy (non-hydrogen) atoms. The highest BCUT2D eigenvalue weighted by Gasteiger charge is 2.30. The second-order valence-corrected chi connectivity index (χ2v) is 7.07. The van der Waals surface area contributed by atoms with Crippen molar-refractivity contribution in [3.63, 3.8) is 0 Å². The van der Waals surface area contributed by atoms with Crippen LogP contribution in [0.25, 0.3) is 0 Å². The lowest BCUT2D eigenvalue weighted by atomic mass is 10.1. The van der Waals surface area contributed by atoms with E-state index in [1.54, 1.807) is 0 Å². The SMILES string of the molecule is CCc1ccc(S(=O)(=O)N2CCCC(O)C2)cc1C(=O)O. The van der Waals surface area contributed by atoms with Gasteiger partial charge in [0.1, 0.15) is 0 Å². The highest BCUT2D eigenvalue weighted by atomic mass is 32.2. The molecule has 1 fully saturated rings. The molecule has 1 aromatic rings. The van der Waals surface area contributed by atoms with E-state index in [4.69, 9.17) is 0 Å². The lowest BCUT2D eigenvalue weighted by molar-refractivity contribution is 0.0695. The zero-order valence-electron chi connectivity index (χ0n) is 11.8. The summed E-state index contributed by atoms with van der Waals surface area (Å²) in [7, 11) is -3.77. The number of hydrogen-bond acceptors (Lipinski definition) is 4. The minimum absolute atomic E-state index is 0.0103. The zero-order valence-corrected chi connectivity index (χ0v) is 12.6. The molecule has 1 saturated heterocycles. The Kier molecular flexibility index (Phi) is 4.65. The molecule has 2 N–H and O–H groups in total. The Hall–Kier alpha value is -1.44. The number of β-amino-alcohol motifs (C(OH)–C–C–N with tert-alkyl or cyclic N) is 1. The highest BCUT2D eigenvalue weighted by Crippen LogP contribution is 2.23. The summed E-state index contributed by atoms with van der Waals surface area (Å²) < 4.78 is 26.3. The first-order valence-electron chi connectivity index (χ1n) is 6.90. The second-order valence-electron chi connectivity index (χ2n) is 5.14. The number of nitrogens with zero attached hydrogens (tertiary/aromatic N) is 1. The van der Waals surface area contributed by atoms with Crippen molar-refractivity contribution in [3.8, 4) is 0 Å². The Morgan fingerprint density at radius 2 is 2.14 bits per heavy atom. The summed E-state index contributed by atoms with van der Waals surface area (Å²) in [5.41, 5.74) is 0.608. The molecule has 1 aliphatic heterocycles. The van der Waals surface area contributed by atoms with Gasteiger partial charge in [0, 0.05) is 13.1 Å². The quantitative estimate of drug-likeness (QED) is 0.867. The standard InChI is InChI=1S/C14H19NO5S/c1-2-10-5-6-12(8-13(10)14(17)18)21(19,20)15-7-3-4-11(16)9-15/h5-6,8,11,16H,2-4,7,9H2,1H3,(H,17,18). The summed E-state index contributed by atoms with van der Waals surface area (Å²) in [6.07, 6.45) is 1.03. The van der Waals surface area contributed by atoms with Crippen molar-refractivity contribution >= 4 is 16.0 Å². The van der Waals surface area contributed by atoms with E-state index in [2.05, 4.69) is 0 Å². The minimum atomic E-state index is -3.77. The fourth-order valence-electron chi connectivity index (χ4n) is 2.51. The van der Waals surface area contributed by atoms with Gasteiger partial charge in [-0.05, 0) is 37.0 Å². The van der Waals surface area contributed by atoms with E-state index in [1.165, 1.54) is 22.5 Å². The average Bonchev–Trinajstić information content (AvgIpc) is 2.46. The molecule has 1 heterocycles. The number of hydrogen-bond donors (Lipinski definition) is 2. The van der Waals surface area contributed by atoms with E-state index in [-0.39, 0.29) is 17.0 Å². The van der Waals surface area contributed by atoms with Crippen molar-refractivity contribution < 1.29 is 23.4 Å². The smallest absolute Gasteiger partial charge is 0.336 e. The molecule has 1 atom stereocenters. The van der Waals surface area contributed by atoms with Gasteiger partial charge in [0.25, 0.3) is 0 Å². The maximum absolute atomic E-state index is 12.5. The first kappa shape index (κ1) is 15.9. The second kappa shape index (κ2) is 6.13. The molecule has 116 valence electrons. The third-order valence-electron chi connectivity index (χ3n) is 3.69. The maximum Gasteiger partial charge on any atom is 0.336 e. The zero-order chi connectivity index (χ0) is 15.6. The Bertz CT molecular complexity index is 641. The number of aliphatic hydroxyl groups excluding tert-OH is 1. The normalized spacial score (nSPS) is 20.4. The first-order valence-corrected chi connectivity index (χ1v) is 8.34. The molecule has 7 heteroatoms. The molecule has 0 aliphatic carbocycles. The predicted octanol–water partition coefficient (Wildman–Crippen LogP) is 1.09. The summed E-state index contributed by atoms with van der Waals surface area (Å²) in [6, 6.07) is 4.18. The van der Waals surface area contributed by atoms with Gasteiger partial charge in [-0.3, -0.25) is 0 Å². The van der Waals surface area contributed by atoms with Crippen LogP contribution in [-0.4, -0.2) is 48.1 Å². The van der Waals surface area contributed by atoms with E-state index >= 15 is 0 Å². The summed E-state index contributed by atoms with van der Waals surface area (Å²) in [4.78, 5) is 11.2. The number of aryl methyl sites for hydroxylation is 1. The summed E-state index contributed by atoms with van der Waals surface area (Å²) in [5.74, 6) is -1.14. The van der Waals surface area contributed by atoms with Crippen molar-refractivity contribution in [2.75, 3.05) is 13.1 Å². The van der Waals surface area contributed by atoms with Crippen molar-refractivity contribution in [2.45, 2.75) is 37.2 Å². The van der Waals surface area contributed by atoms with Crippen LogP contribution in [0, 0.1) is 0 Å². The summed E-state index contributed by atoms with van der Waals surface area (Å²) in [5, 5.41) is 18.8. The number of carbonyl (C=O) groups is 1. The number of aliphatic hydroxyl groups is 1. The van der Waals surface area contributed by atoms with E-state index in [9.17, 15) is 23.4 Å². The molecule has 2 rings (SSSR count). The van der Waals surface area contributed by atoms with Crippen LogP contribution in [0.4, 0.5) is 0 Å². The summed E-state index contributed by atoms with van der Waals surface area (Å²) >= 11 is 0. The highest BCUT2D eigenvalue weighted by molar-refractivity contribution is 7.89. The summed E-state index contributed by atoms with van der Waals surface area (Å²) in [6.45, 7) is 2.22. The van der Waals surface area contributed by atoms with Gasteiger partial charge >= 0.3 is 5.97 Å². The molecule has 1 unspecified atom stereocenters. The molecule has 0 bridgehead atoms. The number of aromatic carboxylic acids is 1. The van der Waals surface area contributed by atoms with Crippen LogP contribution in [0.15, 0.2) is 23.1 Å². The van der Waals surface area contributed by atoms with E-state index < -0.39 is 22.1 Å². The Morgan fingerprint density at radius 1 is 1.43 bits per heavy atom. The van der Waals surface area contributed by atoms with Gasteiger partial charge in [-0.15, -0.1) is 0 Å². The fraction of sp³-hybridized carbons (Fsp3) is 0.500. The topological polar surface area (TPSA) is 94.9 Å². The lowest BCUT2D eigenvalue weighted by Crippen LogP contribution is -2.42. The Balaban J connectivity index is 2.40. The number of rotatable bonds is 4. The van der Waals surface area contributed by atoms with Crippen molar-refractivity contribution in [1.29, 1.82) is 0 Å². The van der Waals surface area contributed by atoms with Crippen LogP contribution in [0.2, 0.25) is 0 Å². The molecule has 0 aromatic heterocycles. The van der Waals surface area contributed by atoms with E-state index in [0.717, 1.165) is 0 Å². The van der Waals surface area contributed by atoms with Gasteiger partial charge in [-0.2, -0.15) is 4.31 Å². The average molecular weight is 313 g/mol. The van der Waals surface area contributed by atoms with Crippen molar-refractivity contribution in [2.24, 2.45) is 0 Å². The van der Waals surface area contributed by atoms with Crippen molar-refractivity contribution in [1.82, 2.24) is 4.31 Å². The van der Waals surface area contributed by atoms with E-state index in [1.807, 2.05) is 6.92 Å². The number of sulfonamides is 1. The van der Waals surface area contributed by atoms with E-state index in [0.29, 0.717) is 31.4 Å². The van der Waals surface area contributed by atoms with Crippen LogP contribution in [0.1, 0.15) is 35.7 Å². The minimum Gasteiger partial charge on any atom is -0.478 e. The Morgan fingerprint density at radius 3 is 2.71 bits per heavy atom. The molecule has 6 nitrogen and oxygen atoms in total. The third-order valence-corrected chi connectivity index (χ3v) is 5.55. The van der Waals surface area contributed by atoms with Crippen molar-refractivity contribution in [3.05, 3.63) is 29.3 Å². The van der Waals surface area contributed by atoms with Crippen LogP contribution in [-0.2, 0) is 16.4 Å². The van der Waals surface area contributed by atoms with Crippen LogP contribution >= 0.6 is 0 Å². The predicted molar refractivity (Wildman–Crippen MR) is 76.8 cm³/mol. The van der Waals surface area contributed by atoms with Crippen LogP contribution in [0.5, 0.6) is 0 Å². The number of piperidine rings is 1. The molecule has 1 aliphatic rings. The largest absolute Gasteiger partial charge is 0.478 e. The first-order chi connectivity index (χ1) is 9.86. The Labute approximate surface area is 124 Å². The maximum atomic E-state index is 12.5. The molecule has 0 spiro atoms. The van der Waals surface area contributed by atoms with Gasteiger partial charge in [-0.25, -0.2) is 13.2 Å². The molecule has 1 aromatic carbocycles. The number of carboxylic acid groups (broad SMARTS) is 1. The number of benzene rings is 1. The fourth-order valence-corrected chi connectivity index (χ4v) is 4.05. The third kappa shape index (κ3) is 3.25. The van der Waals surface area contributed by atoms with Gasteiger partial charge in [0.2, 0.25) is 10.0 Å². The molecule has 0 amide bonds. The molecule has 0 radical (unpaired) electrons. The lowest BCUT2D eigenvalue weighted by Gasteiger charge is -2.29. The van der Waals surface area contributed by atoms with Gasteiger partial charge in [-0.1, -0.05) is 13.0 Å². The number of carboxylic acids is 1. The van der Waals surface area contributed by atoms with Crippen LogP contribution < -0.4 is 0 Å². The van der Waals surface area contributed by atoms with Gasteiger partial charge in [0.05, 0.1) is 16.6 Å². The van der Waals surface area contributed by atoms with Crippen LogP contribution in [0.3, 0.4) is 0 Å². The molecular weight excluding hydrogens is 294 g/mol. The monoisotopic (exact) mass is 313 g/mol. The molecular formula is C14H19NO5S. The molecule has 0 saturated carbocycles. The van der Waals surface area contributed by atoms with Gasteiger partial charge < -0.3 is 10.2 Å². The van der Waals surface area contributed by atoms with Gasteiger partial charge in [0.15, 0.2) is 0 Å².